The molecule has 0 unspecified atom stereocenters. The van der Waals surface area contributed by atoms with Crippen LogP contribution < -0.4 is 0 Å². The molecule has 0 heterocycles. The minimum absolute atomic E-state index is 0.210. The fraction of sp³-hybridized carbons (Fsp3) is 0.500. The van der Waals surface area contributed by atoms with Gasteiger partial charge in [-0.15, -0.1) is 0 Å². The summed E-state index contributed by atoms with van der Waals surface area (Å²) in [6, 6.07) is 9.45. The summed E-state index contributed by atoms with van der Waals surface area (Å²) >= 11 is 0. The Labute approximate surface area is 120 Å². The molecule has 0 fully saturated rings. The Morgan fingerprint density at radius 1 is 1.35 bits per heavy atom. The summed E-state index contributed by atoms with van der Waals surface area (Å²) in [6.45, 7) is 4.23. The Hall–Kier alpha value is -1.53. The topological polar surface area (TPSA) is 59.0 Å². The van der Waals surface area contributed by atoms with Gasteiger partial charge in [0.15, 0.2) is 0 Å². The van der Waals surface area contributed by atoms with Crippen molar-refractivity contribution in [3.8, 4) is 0 Å². The summed E-state index contributed by atoms with van der Waals surface area (Å²) in [5.74, 6) is 0.323. The zero-order valence-corrected chi connectivity index (χ0v) is 12.2. The second-order valence-electron chi connectivity index (χ2n) is 4.98. The molecule has 0 saturated carbocycles. The SMILES string of the molecule is CC(C)C[C@@H](O[B]O)N(C)C(=O)OCc1ccccc1. The molecule has 0 aliphatic carbocycles. The van der Waals surface area contributed by atoms with Crippen LogP contribution in [0.25, 0.3) is 0 Å². The lowest BCUT2D eigenvalue weighted by Crippen LogP contribution is -2.40. The minimum Gasteiger partial charge on any atom is -0.444 e. The van der Waals surface area contributed by atoms with Gasteiger partial charge < -0.3 is 14.4 Å². The fourth-order valence-electron chi connectivity index (χ4n) is 1.72. The van der Waals surface area contributed by atoms with Gasteiger partial charge in [-0.3, -0.25) is 4.90 Å². The van der Waals surface area contributed by atoms with E-state index in [1.807, 2.05) is 44.2 Å². The number of carbonyl (C=O) groups excluding carboxylic acids is 1. The van der Waals surface area contributed by atoms with E-state index in [2.05, 4.69) is 0 Å². The van der Waals surface area contributed by atoms with Gasteiger partial charge in [0.05, 0.1) is 0 Å². The normalized spacial score (nSPS) is 12.1. The van der Waals surface area contributed by atoms with Gasteiger partial charge in [0.25, 0.3) is 0 Å². The first-order valence-electron chi connectivity index (χ1n) is 6.59. The molecule has 1 aromatic rings. The Morgan fingerprint density at radius 2 is 2.00 bits per heavy atom. The molecule has 20 heavy (non-hydrogen) atoms. The number of benzene rings is 1. The van der Waals surface area contributed by atoms with Gasteiger partial charge in [-0.1, -0.05) is 44.2 Å². The van der Waals surface area contributed by atoms with Crippen molar-refractivity contribution in [2.75, 3.05) is 7.05 Å². The van der Waals surface area contributed by atoms with Crippen LogP contribution in [0.4, 0.5) is 4.79 Å². The number of rotatable bonds is 7. The van der Waals surface area contributed by atoms with Gasteiger partial charge in [-0.2, -0.15) is 0 Å². The summed E-state index contributed by atoms with van der Waals surface area (Å²) < 4.78 is 10.3. The van der Waals surface area contributed by atoms with Crippen LogP contribution in [-0.2, 0) is 16.0 Å². The van der Waals surface area contributed by atoms with Crippen LogP contribution >= 0.6 is 0 Å². The molecular formula is C14H21BNO4. The lowest BCUT2D eigenvalue weighted by Gasteiger charge is -2.28. The molecule has 1 rings (SSSR count). The average Bonchev–Trinajstić information content (AvgIpc) is 2.44. The van der Waals surface area contributed by atoms with E-state index >= 15 is 0 Å². The van der Waals surface area contributed by atoms with Crippen LogP contribution in [0.1, 0.15) is 25.8 Å². The van der Waals surface area contributed by atoms with Crippen LogP contribution in [0.15, 0.2) is 30.3 Å². The van der Waals surface area contributed by atoms with Gasteiger partial charge in [-0.05, 0) is 17.9 Å². The number of hydrogen-bond acceptors (Lipinski definition) is 4. The number of hydrogen-bond donors (Lipinski definition) is 1. The van der Waals surface area contributed by atoms with E-state index in [1.165, 1.54) is 4.90 Å². The van der Waals surface area contributed by atoms with E-state index in [1.54, 1.807) is 7.05 Å². The first-order valence-corrected chi connectivity index (χ1v) is 6.59. The first-order chi connectivity index (χ1) is 9.54. The zero-order chi connectivity index (χ0) is 15.0. The van der Waals surface area contributed by atoms with Crippen molar-refractivity contribution in [1.29, 1.82) is 0 Å². The van der Waals surface area contributed by atoms with Crippen molar-refractivity contribution < 1.29 is 19.2 Å². The van der Waals surface area contributed by atoms with Gasteiger partial charge in [-0.25, -0.2) is 4.79 Å². The number of nitrogens with zero attached hydrogens (tertiary/aromatic N) is 1. The second kappa shape index (κ2) is 8.61. The molecule has 1 atom stereocenters. The van der Waals surface area contributed by atoms with E-state index < -0.39 is 12.3 Å². The quantitative estimate of drug-likeness (QED) is 0.613. The molecule has 5 nitrogen and oxygen atoms in total. The van der Waals surface area contributed by atoms with Gasteiger partial charge in [0.2, 0.25) is 0 Å². The largest absolute Gasteiger partial charge is 0.486 e. The Bertz CT molecular complexity index is 399. The smallest absolute Gasteiger partial charge is 0.444 e. The Morgan fingerprint density at radius 3 is 2.55 bits per heavy atom. The van der Waals surface area contributed by atoms with Crippen LogP contribution in [0, 0.1) is 5.92 Å². The highest BCUT2D eigenvalue weighted by Gasteiger charge is 2.22. The standard InChI is InChI=1S/C14H21BNO4/c1-11(2)9-13(20-15-18)16(3)14(17)19-10-12-7-5-4-6-8-12/h4-8,11,13,18H,9-10H2,1-3H3/t13-/m1/s1. The predicted molar refractivity (Wildman–Crippen MR) is 76.7 cm³/mol. The molecule has 0 bridgehead atoms. The van der Waals surface area contributed by atoms with Crippen LogP contribution in [0.3, 0.4) is 0 Å². The van der Waals surface area contributed by atoms with Gasteiger partial charge in [0, 0.05) is 7.05 Å². The molecule has 1 amide bonds. The van der Waals surface area contributed by atoms with E-state index in [-0.39, 0.29) is 6.61 Å². The summed E-state index contributed by atoms with van der Waals surface area (Å²) in [4.78, 5) is 13.3. The molecular weight excluding hydrogens is 257 g/mol. The number of ether oxygens (including phenoxy) is 1. The second-order valence-corrected chi connectivity index (χ2v) is 4.98. The van der Waals surface area contributed by atoms with Crippen molar-refractivity contribution in [1.82, 2.24) is 4.90 Å². The van der Waals surface area contributed by atoms with Crippen LogP contribution in [0.5, 0.6) is 0 Å². The summed E-state index contributed by atoms with van der Waals surface area (Å²) in [5, 5.41) is 8.76. The maximum Gasteiger partial charge on any atom is 0.486 e. The summed E-state index contributed by atoms with van der Waals surface area (Å²) in [5.41, 5.74) is 0.921. The van der Waals surface area contributed by atoms with Gasteiger partial charge >= 0.3 is 13.8 Å². The third-order valence-corrected chi connectivity index (χ3v) is 2.82. The van der Waals surface area contributed by atoms with Gasteiger partial charge in [0.1, 0.15) is 12.8 Å². The van der Waals surface area contributed by atoms with E-state index in [4.69, 9.17) is 14.4 Å². The predicted octanol–water partition coefficient (Wildman–Crippen LogP) is 2.17. The highest BCUT2D eigenvalue weighted by Crippen LogP contribution is 2.13. The highest BCUT2D eigenvalue weighted by molar-refractivity contribution is 6.15. The van der Waals surface area contributed by atoms with Crippen molar-refractivity contribution in [2.45, 2.75) is 33.1 Å². The molecule has 1 radical (unpaired) electrons. The maximum absolute atomic E-state index is 11.9. The Balaban J connectivity index is 2.51. The molecule has 0 saturated heterocycles. The maximum atomic E-state index is 11.9. The highest BCUT2D eigenvalue weighted by atomic mass is 16.6. The molecule has 1 N–H and O–H groups in total. The van der Waals surface area contributed by atoms with Crippen LogP contribution in [0.2, 0.25) is 0 Å². The summed E-state index contributed by atoms with van der Waals surface area (Å²) in [6.07, 6.45) is -0.418. The molecule has 0 aliphatic heterocycles. The molecule has 1 aromatic carbocycles. The first kappa shape index (κ1) is 16.5. The average molecular weight is 278 g/mol. The molecule has 0 spiro atoms. The minimum atomic E-state index is -0.539. The van der Waals surface area contributed by atoms with Crippen LogP contribution in [-0.4, -0.2) is 37.0 Å². The molecule has 109 valence electrons. The number of carbonyl (C=O) groups is 1. The Kier molecular flexibility index (Phi) is 7.11. The van der Waals surface area contributed by atoms with E-state index in [0.29, 0.717) is 20.0 Å². The molecule has 6 heteroatoms. The molecule has 0 aliphatic rings. The third-order valence-electron chi connectivity index (χ3n) is 2.82. The zero-order valence-electron chi connectivity index (χ0n) is 12.2. The number of amides is 1. The van der Waals surface area contributed by atoms with E-state index in [9.17, 15) is 4.79 Å². The van der Waals surface area contributed by atoms with E-state index in [0.717, 1.165) is 5.56 Å². The van der Waals surface area contributed by atoms with Crippen molar-refractivity contribution in [2.24, 2.45) is 5.92 Å². The lowest BCUT2D eigenvalue weighted by atomic mass is 10.1. The van der Waals surface area contributed by atoms with Crippen molar-refractivity contribution >= 4 is 13.8 Å². The van der Waals surface area contributed by atoms with Crippen molar-refractivity contribution in [3.63, 3.8) is 0 Å². The monoisotopic (exact) mass is 278 g/mol. The molecule has 0 aromatic heterocycles. The summed E-state index contributed by atoms with van der Waals surface area (Å²) in [7, 11) is 2.19. The fourth-order valence-corrected chi connectivity index (χ4v) is 1.72. The van der Waals surface area contributed by atoms with Crippen molar-refractivity contribution in [3.05, 3.63) is 35.9 Å². The third kappa shape index (κ3) is 5.63. The lowest BCUT2D eigenvalue weighted by molar-refractivity contribution is 0.00998.